The summed E-state index contributed by atoms with van der Waals surface area (Å²) in [6, 6.07) is 4.99. The van der Waals surface area contributed by atoms with Crippen molar-refractivity contribution in [1.82, 2.24) is 10.2 Å². The van der Waals surface area contributed by atoms with Gasteiger partial charge in [0.15, 0.2) is 0 Å². The van der Waals surface area contributed by atoms with Gasteiger partial charge in [0.1, 0.15) is 17.7 Å². The van der Waals surface area contributed by atoms with Crippen LogP contribution in [0.15, 0.2) is 49.6 Å². The summed E-state index contributed by atoms with van der Waals surface area (Å²) in [5.74, 6) is -3.46. The number of anilines is 1. The molecule has 1 spiro atoms. The number of fused-ring (bicyclic) bond motifs is 1. The number of halogens is 1. The van der Waals surface area contributed by atoms with Gasteiger partial charge in [-0.1, -0.05) is 23.8 Å². The van der Waals surface area contributed by atoms with Crippen molar-refractivity contribution in [2.24, 2.45) is 11.8 Å². The summed E-state index contributed by atoms with van der Waals surface area (Å²) in [5.41, 5.74) is -0.685. The Morgan fingerprint density at radius 2 is 1.98 bits per heavy atom. The number of nitrogens with one attached hydrogen (secondary N) is 1. The van der Waals surface area contributed by atoms with E-state index in [4.69, 9.17) is 21.1 Å². The van der Waals surface area contributed by atoms with E-state index in [0.29, 0.717) is 30.0 Å². The molecule has 3 fully saturated rings. The van der Waals surface area contributed by atoms with Crippen molar-refractivity contribution < 1.29 is 33.8 Å². The van der Waals surface area contributed by atoms with Gasteiger partial charge in [0.2, 0.25) is 11.8 Å². The van der Waals surface area contributed by atoms with E-state index in [9.17, 15) is 24.3 Å². The second-order valence-electron chi connectivity index (χ2n) is 10.9. The number of rotatable bonds is 13. The van der Waals surface area contributed by atoms with E-state index in [2.05, 4.69) is 18.5 Å². The van der Waals surface area contributed by atoms with Crippen molar-refractivity contribution in [2.45, 2.75) is 69.4 Å². The van der Waals surface area contributed by atoms with Crippen LogP contribution in [0, 0.1) is 11.8 Å². The van der Waals surface area contributed by atoms with E-state index in [-0.39, 0.29) is 32.0 Å². The van der Waals surface area contributed by atoms with E-state index >= 15 is 0 Å². The Balaban J connectivity index is 1.60. The molecule has 3 heterocycles. The number of aliphatic hydroxyl groups excluding tert-OH is 1. The van der Waals surface area contributed by atoms with Gasteiger partial charge in [-0.2, -0.15) is 0 Å². The number of benzene rings is 1. The Morgan fingerprint density at radius 3 is 2.61 bits per heavy atom. The predicted octanol–water partition coefficient (Wildman–Crippen LogP) is 2.63. The third kappa shape index (κ3) is 5.78. The minimum absolute atomic E-state index is 0.121. The summed E-state index contributed by atoms with van der Waals surface area (Å²) in [6.45, 7) is 10.6. The molecule has 0 unspecified atom stereocenters. The van der Waals surface area contributed by atoms with Crippen molar-refractivity contribution >= 4 is 41.0 Å². The second kappa shape index (κ2) is 12.8. The average molecular weight is 588 g/mol. The van der Waals surface area contributed by atoms with E-state index in [1.807, 2.05) is 0 Å². The molecule has 1 aromatic carbocycles. The number of ether oxygens (including phenoxy) is 2. The number of carbonyl (C=O) groups is 4. The molecule has 3 aliphatic rings. The molecule has 0 saturated carbocycles. The highest BCUT2D eigenvalue weighted by Gasteiger charge is 2.75. The first-order chi connectivity index (χ1) is 19.6. The van der Waals surface area contributed by atoms with Crippen LogP contribution in [0.3, 0.4) is 0 Å². The standard InChI is InChI=1S/C30H38ClN3O7/c1-5-7-8-23(36)32-16-19(4)40-29(39)24-22-13-14-30(41-22)25(24)27(37)34(18(3)17-35)26(30)28(38)33(15-6-2)21-11-9-20(31)10-12-21/h5-6,9-12,18-19,22,24-26,35H,1-2,7-8,13-17H2,3-4H3,(H,32,36)/t18-,19+,22+,24-,25-,26+,30-/m1/s1. The molecular formula is C30H38ClN3O7. The number of nitrogens with zero attached hydrogens (tertiary/aromatic N) is 2. The van der Waals surface area contributed by atoms with Crippen LogP contribution < -0.4 is 10.2 Å². The first-order valence-corrected chi connectivity index (χ1v) is 14.3. The number of allylic oxidation sites excluding steroid dienone is 1. The Kier molecular flexibility index (Phi) is 9.56. The molecule has 222 valence electrons. The number of esters is 1. The molecule has 1 aromatic rings. The topological polar surface area (TPSA) is 125 Å². The van der Waals surface area contributed by atoms with Gasteiger partial charge in [-0.05, 0) is 57.4 Å². The summed E-state index contributed by atoms with van der Waals surface area (Å²) in [4.78, 5) is 56.7. The summed E-state index contributed by atoms with van der Waals surface area (Å²) in [5, 5.41) is 13.3. The lowest BCUT2D eigenvalue weighted by Crippen LogP contribution is -2.58. The van der Waals surface area contributed by atoms with Crippen LogP contribution in [0.25, 0.3) is 0 Å². The van der Waals surface area contributed by atoms with Crippen LogP contribution in [0.2, 0.25) is 5.02 Å². The van der Waals surface area contributed by atoms with Crippen molar-refractivity contribution in [3.63, 3.8) is 0 Å². The minimum atomic E-state index is -1.25. The van der Waals surface area contributed by atoms with Gasteiger partial charge in [0.25, 0.3) is 5.91 Å². The zero-order valence-electron chi connectivity index (χ0n) is 23.5. The van der Waals surface area contributed by atoms with Crippen molar-refractivity contribution in [3.8, 4) is 0 Å². The van der Waals surface area contributed by atoms with Gasteiger partial charge < -0.3 is 29.7 Å². The average Bonchev–Trinajstić information content (AvgIpc) is 3.60. The van der Waals surface area contributed by atoms with Crippen LogP contribution in [-0.4, -0.2) is 83.3 Å². The van der Waals surface area contributed by atoms with Gasteiger partial charge in [0.05, 0.1) is 37.1 Å². The fourth-order valence-electron chi connectivity index (χ4n) is 6.32. The van der Waals surface area contributed by atoms with Gasteiger partial charge in [-0.3, -0.25) is 19.2 Å². The molecule has 0 aromatic heterocycles. The van der Waals surface area contributed by atoms with Crippen molar-refractivity contribution in [2.75, 3.05) is 24.6 Å². The van der Waals surface area contributed by atoms with Crippen LogP contribution in [-0.2, 0) is 28.7 Å². The highest BCUT2D eigenvalue weighted by atomic mass is 35.5. The van der Waals surface area contributed by atoms with Gasteiger partial charge in [-0.15, -0.1) is 13.2 Å². The zero-order valence-corrected chi connectivity index (χ0v) is 24.2. The predicted molar refractivity (Wildman–Crippen MR) is 153 cm³/mol. The number of aliphatic hydroxyl groups is 1. The first kappa shape index (κ1) is 30.7. The highest BCUT2D eigenvalue weighted by molar-refractivity contribution is 6.30. The van der Waals surface area contributed by atoms with Gasteiger partial charge >= 0.3 is 5.97 Å². The van der Waals surface area contributed by atoms with E-state index in [0.717, 1.165) is 0 Å². The van der Waals surface area contributed by atoms with E-state index in [1.165, 1.54) is 9.80 Å². The van der Waals surface area contributed by atoms with Crippen LogP contribution >= 0.6 is 11.6 Å². The quantitative estimate of drug-likeness (QED) is 0.268. The largest absolute Gasteiger partial charge is 0.460 e. The molecule has 10 nitrogen and oxygen atoms in total. The maximum atomic E-state index is 14.3. The maximum absolute atomic E-state index is 14.3. The molecule has 0 aliphatic carbocycles. The Labute approximate surface area is 245 Å². The molecular weight excluding hydrogens is 550 g/mol. The molecule has 2 N–H and O–H groups in total. The normalized spacial score (nSPS) is 27.6. The zero-order chi connectivity index (χ0) is 29.9. The molecule has 7 atom stereocenters. The number of carbonyl (C=O) groups excluding carboxylic acids is 4. The van der Waals surface area contributed by atoms with Crippen LogP contribution in [0.5, 0.6) is 0 Å². The Morgan fingerprint density at radius 1 is 1.27 bits per heavy atom. The van der Waals surface area contributed by atoms with Crippen LogP contribution in [0.4, 0.5) is 5.69 Å². The minimum Gasteiger partial charge on any atom is -0.460 e. The lowest BCUT2D eigenvalue weighted by atomic mass is 9.70. The lowest BCUT2D eigenvalue weighted by Gasteiger charge is -2.38. The molecule has 41 heavy (non-hydrogen) atoms. The monoisotopic (exact) mass is 587 g/mol. The SMILES string of the molecule is C=CCCC(=O)NC[C@H](C)OC(=O)[C@@H]1[C@@H]2CC[C@]3(O2)[C@H](C(=O)N(CC=C)c2ccc(Cl)cc2)N([C@H](C)CO)C(=O)[C@@H]13. The molecule has 4 rings (SSSR count). The number of hydrogen-bond donors (Lipinski definition) is 2. The molecule has 0 radical (unpaired) electrons. The highest BCUT2D eigenvalue weighted by Crippen LogP contribution is 2.59. The Hall–Kier alpha value is -3.21. The number of hydrogen-bond acceptors (Lipinski definition) is 7. The third-order valence-electron chi connectivity index (χ3n) is 8.18. The molecule has 3 amide bonds. The fraction of sp³-hybridized carbons (Fsp3) is 0.533. The summed E-state index contributed by atoms with van der Waals surface area (Å²) >= 11 is 6.07. The molecule has 3 saturated heterocycles. The summed E-state index contributed by atoms with van der Waals surface area (Å²) in [6.07, 6.45) is 3.72. The maximum Gasteiger partial charge on any atom is 0.312 e. The summed E-state index contributed by atoms with van der Waals surface area (Å²) < 4.78 is 12.1. The number of likely N-dealkylation sites (tertiary alicyclic amines) is 1. The molecule has 3 aliphatic heterocycles. The van der Waals surface area contributed by atoms with E-state index in [1.54, 1.807) is 50.3 Å². The van der Waals surface area contributed by atoms with Gasteiger partial charge in [-0.25, -0.2) is 0 Å². The summed E-state index contributed by atoms with van der Waals surface area (Å²) in [7, 11) is 0. The molecule has 11 heteroatoms. The first-order valence-electron chi connectivity index (χ1n) is 14.0. The fourth-order valence-corrected chi connectivity index (χ4v) is 6.44. The van der Waals surface area contributed by atoms with Crippen LogP contribution in [0.1, 0.15) is 39.5 Å². The smallest absolute Gasteiger partial charge is 0.312 e. The van der Waals surface area contributed by atoms with Crippen molar-refractivity contribution in [3.05, 3.63) is 54.6 Å². The van der Waals surface area contributed by atoms with Gasteiger partial charge in [0, 0.05) is 23.7 Å². The van der Waals surface area contributed by atoms with Crippen molar-refractivity contribution in [1.29, 1.82) is 0 Å². The number of amides is 3. The third-order valence-corrected chi connectivity index (χ3v) is 8.43. The molecule has 2 bridgehead atoms. The van der Waals surface area contributed by atoms with E-state index < -0.39 is 59.5 Å². The Bertz CT molecular complexity index is 1190. The second-order valence-corrected chi connectivity index (χ2v) is 11.4. The lowest BCUT2D eigenvalue weighted by molar-refractivity contribution is -0.159.